The SMILES string of the molecule is ClP1CCC2OC21. The summed E-state index contributed by atoms with van der Waals surface area (Å²) in [5.41, 5.74) is 0. The van der Waals surface area contributed by atoms with E-state index in [0.717, 1.165) is 0 Å². The first-order valence-electron chi connectivity index (χ1n) is 2.46. The van der Waals surface area contributed by atoms with Gasteiger partial charge >= 0.3 is 0 Å². The third-order valence-electron chi connectivity index (χ3n) is 1.46. The molecule has 2 rings (SSSR count). The molecular formula is C4H6ClOP. The summed E-state index contributed by atoms with van der Waals surface area (Å²) >= 11 is 5.84. The summed E-state index contributed by atoms with van der Waals surface area (Å²) in [5, 5.41) is 0. The molecule has 2 saturated heterocycles. The maximum Gasteiger partial charge on any atom is 0.117 e. The van der Waals surface area contributed by atoms with Crippen LogP contribution in [0.4, 0.5) is 0 Å². The van der Waals surface area contributed by atoms with Crippen molar-refractivity contribution >= 4 is 18.5 Å². The Balaban J connectivity index is 2.08. The lowest BCUT2D eigenvalue weighted by atomic mass is 10.4. The van der Waals surface area contributed by atoms with Gasteiger partial charge in [0.05, 0.1) is 6.10 Å². The van der Waals surface area contributed by atoms with Gasteiger partial charge in [0.2, 0.25) is 0 Å². The number of fused-ring (bicyclic) bond motifs is 1. The average Bonchev–Trinajstić information content (AvgIpc) is 2.33. The zero-order valence-corrected chi connectivity index (χ0v) is 5.45. The van der Waals surface area contributed by atoms with Gasteiger partial charge in [-0.05, 0) is 12.6 Å². The Labute approximate surface area is 48.5 Å². The molecule has 0 aromatic rings. The number of rotatable bonds is 0. The lowest BCUT2D eigenvalue weighted by molar-refractivity contribution is 0.388. The monoisotopic (exact) mass is 136 g/mol. The Morgan fingerprint density at radius 2 is 2.57 bits per heavy atom. The molecule has 0 bridgehead atoms. The van der Waals surface area contributed by atoms with Crippen molar-refractivity contribution in [3.63, 3.8) is 0 Å². The van der Waals surface area contributed by atoms with Crippen LogP contribution in [0.5, 0.6) is 0 Å². The van der Waals surface area contributed by atoms with E-state index in [1.807, 2.05) is 0 Å². The molecule has 0 N–H and O–H groups in total. The molecule has 2 fully saturated rings. The first-order valence-corrected chi connectivity index (χ1v) is 4.96. The predicted octanol–water partition coefficient (Wildman–Crippen LogP) is 1.75. The Morgan fingerprint density at radius 3 is 2.71 bits per heavy atom. The van der Waals surface area contributed by atoms with Crippen molar-refractivity contribution < 1.29 is 4.74 Å². The third kappa shape index (κ3) is 0.595. The van der Waals surface area contributed by atoms with Gasteiger partial charge < -0.3 is 4.74 Å². The van der Waals surface area contributed by atoms with Crippen LogP contribution in [0.3, 0.4) is 0 Å². The van der Waals surface area contributed by atoms with Gasteiger partial charge in [-0.3, -0.25) is 0 Å². The van der Waals surface area contributed by atoms with Crippen molar-refractivity contribution in [2.24, 2.45) is 0 Å². The standard InChI is InChI=1S/C4H6ClOP/c5-7-2-1-3-4(7)6-3/h3-4H,1-2H2. The van der Waals surface area contributed by atoms with Crippen molar-refractivity contribution in [2.45, 2.75) is 18.4 Å². The lowest BCUT2D eigenvalue weighted by Crippen LogP contribution is -1.77. The van der Waals surface area contributed by atoms with E-state index in [4.69, 9.17) is 16.0 Å². The Kier molecular flexibility index (Phi) is 0.871. The van der Waals surface area contributed by atoms with Crippen LogP contribution in [-0.4, -0.2) is 18.1 Å². The van der Waals surface area contributed by atoms with Crippen LogP contribution in [-0.2, 0) is 4.74 Å². The second-order valence-corrected chi connectivity index (χ2v) is 5.04. The smallest absolute Gasteiger partial charge is 0.117 e. The van der Waals surface area contributed by atoms with Crippen LogP contribution in [0.1, 0.15) is 6.42 Å². The maximum absolute atomic E-state index is 5.84. The molecule has 2 heterocycles. The maximum atomic E-state index is 5.84. The van der Waals surface area contributed by atoms with E-state index in [9.17, 15) is 0 Å². The molecule has 1 nitrogen and oxygen atoms in total. The van der Waals surface area contributed by atoms with Crippen molar-refractivity contribution in [1.82, 2.24) is 0 Å². The first-order chi connectivity index (χ1) is 3.38. The van der Waals surface area contributed by atoms with E-state index in [1.54, 1.807) is 0 Å². The van der Waals surface area contributed by atoms with Crippen molar-refractivity contribution in [3.8, 4) is 0 Å². The molecule has 0 spiro atoms. The molecule has 0 aliphatic carbocycles. The van der Waals surface area contributed by atoms with Gasteiger partial charge in [0.15, 0.2) is 0 Å². The zero-order valence-electron chi connectivity index (χ0n) is 3.80. The Hall–Kier alpha value is 0.680. The highest BCUT2D eigenvalue weighted by Gasteiger charge is 2.49. The highest BCUT2D eigenvalue weighted by atomic mass is 35.7. The van der Waals surface area contributed by atoms with Crippen molar-refractivity contribution in [3.05, 3.63) is 0 Å². The molecule has 40 valence electrons. The minimum atomic E-state index is -0.202. The zero-order chi connectivity index (χ0) is 4.85. The number of hydrogen-bond donors (Lipinski definition) is 0. The molecule has 3 heteroatoms. The van der Waals surface area contributed by atoms with Crippen molar-refractivity contribution in [2.75, 3.05) is 6.16 Å². The molecule has 3 unspecified atom stereocenters. The number of ether oxygens (including phenoxy) is 1. The highest BCUT2D eigenvalue weighted by molar-refractivity contribution is 7.84. The molecule has 0 aromatic carbocycles. The van der Waals surface area contributed by atoms with Gasteiger partial charge in [-0.25, -0.2) is 0 Å². The average molecular weight is 137 g/mol. The van der Waals surface area contributed by atoms with Crippen LogP contribution in [0.15, 0.2) is 0 Å². The highest BCUT2D eigenvalue weighted by Crippen LogP contribution is 2.63. The summed E-state index contributed by atoms with van der Waals surface area (Å²) in [6, 6.07) is 0. The quantitative estimate of drug-likeness (QED) is 0.365. The molecule has 0 saturated carbocycles. The molecule has 2 aliphatic rings. The molecule has 0 radical (unpaired) electrons. The summed E-state index contributed by atoms with van der Waals surface area (Å²) in [5.74, 6) is 0.511. The predicted molar refractivity (Wildman–Crippen MR) is 30.9 cm³/mol. The molecule has 0 aromatic heterocycles. The van der Waals surface area contributed by atoms with E-state index >= 15 is 0 Å². The van der Waals surface area contributed by atoms with Crippen LogP contribution in [0.2, 0.25) is 0 Å². The van der Waals surface area contributed by atoms with Crippen LogP contribution in [0, 0.1) is 0 Å². The second-order valence-electron chi connectivity index (χ2n) is 1.98. The Bertz CT molecular complexity index is 97.7. The summed E-state index contributed by atoms with van der Waals surface area (Å²) in [7, 11) is -0.202. The van der Waals surface area contributed by atoms with Crippen molar-refractivity contribution in [1.29, 1.82) is 0 Å². The molecular weight excluding hydrogens is 130 g/mol. The van der Waals surface area contributed by atoms with E-state index in [2.05, 4.69) is 0 Å². The largest absolute Gasteiger partial charge is 0.363 e. The summed E-state index contributed by atoms with van der Waals surface area (Å²) in [4.78, 5) is 0. The van der Waals surface area contributed by atoms with Gasteiger partial charge in [0, 0.05) is 7.27 Å². The van der Waals surface area contributed by atoms with E-state index in [0.29, 0.717) is 11.9 Å². The van der Waals surface area contributed by atoms with Crippen LogP contribution < -0.4 is 0 Å². The normalized spacial score (nSPS) is 57.0. The van der Waals surface area contributed by atoms with Gasteiger partial charge in [-0.2, -0.15) is 0 Å². The summed E-state index contributed by atoms with van der Waals surface area (Å²) in [6.07, 6.45) is 3.04. The van der Waals surface area contributed by atoms with E-state index in [-0.39, 0.29) is 7.27 Å². The minimum Gasteiger partial charge on any atom is -0.363 e. The van der Waals surface area contributed by atoms with Crippen LogP contribution >= 0.6 is 18.5 Å². The van der Waals surface area contributed by atoms with Gasteiger partial charge in [-0.1, -0.05) is 11.2 Å². The van der Waals surface area contributed by atoms with Crippen LogP contribution in [0.25, 0.3) is 0 Å². The fourth-order valence-electron chi connectivity index (χ4n) is 0.969. The second kappa shape index (κ2) is 1.34. The fourth-order valence-corrected chi connectivity index (χ4v) is 3.33. The van der Waals surface area contributed by atoms with E-state index in [1.165, 1.54) is 12.6 Å². The molecule has 2 aliphatic heterocycles. The number of epoxide rings is 1. The number of hydrogen-bond acceptors (Lipinski definition) is 1. The Morgan fingerprint density at radius 1 is 1.71 bits per heavy atom. The van der Waals surface area contributed by atoms with Gasteiger partial charge in [0.1, 0.15) is 5.85 Å². The summed E-state index contributed by atoms with van der Waals surface area (Å²) < 4.78 is 5.16. The molecule has 0 amide bonds. The van der Waals surface area contributed by atoms with E-state index < -0.39 is 0 Å². The topological polar surface area (TPSA) is 12.5 Å². The van der Waals surface area contributed by atoms with Gasteiger partial charge in [0.25, 0.3) is 0 Å². The first kappa shape index (κ1) is 4.55. The number of halogens is 1. The molecule has 3 atom stereocenters. The third-order valence-corrected chi connectivity index (χ3v) is 4.24. The lowest BCUT2D eigenvalue weighted by Gasteiger charge is -1.94. The fraction of sp³-hybridized carbons (Fsp3) is 1.00. The minimum absolute atomic E-state index is 0.202. The molecule has 7 heavy (non-hydrogen) atoms. The van der Waals surface area contributed by atoms with Gasteiger partial charge in [-0.15, -0.1) is 0 Å². The summed E-state index contributed by atoms with van der Waals surface area (Å²) in [6.45, 7) is 0.